The van der Waals surface area contributed by atoms with Gasteiger partial charge in [0, 0.05) is 46.8 Å². The molecule has 0 atom stereocenters. The van der Waals surface area contributed by atoms with Gasteiger partial charge in [0.15, 0.2) is 73.8 Å². The Bertz CT molecular complexity index is 6750. The summed E-state index contributed by atoms with van der Waals surface area (Å²) in [5.41, 5.74) is 13.9. The minimum Gasteiger partial charge on any atom is -0.424 e. The Labute approximate surface area is 769 Å². The largest absolute Gasteiger partial charge is 0.494 e. The zero-order valence-electron chi connectivity index (χ0n) is 75.0. The lowest BCUT2D eigenvalue weighted by Gasteiger charge is -2.32. The molecule has 0 spiro atoms. The lowest BCUT2D eigenvalue weighted by Crippen LogP contribution is -2.41. The van der Waals surface area contributed by atoms with Crippen LogP contribution < -0.4 is 86.7 Å². The molecule has 4 amide bonds. The number of hydrogen-bond donors (Lipinski definition) is 20. The van der Waals surface area contributed by atoms with E-state index in [1.165, 1.54) is 101 Å². The average Bonchev–Trinajstić information content (AvgIpc) is 1.57. The van der Waals surface area contributed by atoms with E-state index in [-0.39, 0.29) is 84.1 Å². The van der Waals surface area contributed by atoms with Gasteiger partial charge in [-0.25, -0.2) is 0 Å². The van der Waals surface area contributed by atoms with Gasteiger partial charge in [-0.3, -0.25) is 29.8 Å². The number of nitrogens with zero attached hydrogens (tertiary/aromatic N) is 8. The number of nitrogen functional groups attached to an aromatic ring is 1. The Morgan fingerprint density at radius 2 is 0.637 bits per heavy atom. The molecule has 21 N–H and O–H groups in total. The summed E-state index contributed by atoms with van der Waals surface area (Å²) in [6.45, 7) is 21.8. The summed E-state index contributed by atoms with van der Waals surface area (Å²) in [7, 11) is -8.11. The van der Waals surface area contributed by atoms with Crippen molar-refractivity contribution in [2.75, 3.05) is 50.0 Å². The second-order valence-corrected chi connectivity index (χ2v) is 33.4. The van der Waals surface area contributed by atoms with Crippen LogP contribution in [0.4, 0.5) is 47.1 Å². The van der Waals surface area contributed by atoms with Crippen molar-refractivity contribution >= 4 is 260 Å². The quantitative estimate of drug-likeness (QED) is 0.0579. The molecule has 135 heavy (non-hydrogen) atoms. The number of benzene rings is 8. The Balaban J connectivity index is 0.000000131. The second-order valence-electron chi connectivity index (χ2n) is 33.4. The van der Waals surface area contributed by atoms with Gasteiger partial charge in [-0.05, 0) is 222 Å². The monoisotopic (exact) mass is 1850 g/mol. The minimum atomic E-state index is -1.57. The van der Waals surface area contributed by atoms with E-state index in [1.807, 2.05) is 65.1 Å². The third kappa shape index (κ3) is 24.7. The highest BCUT2D eigenvalue weighted by molar-refractivity contribution is 6.64. The number of oxazole rings is 3. The number of anilines is 8. The van der Waals surface area contributed by atoms with Crippen molar-refractivity contribution in [2.45, 2.75) is 143 Å². The number of hydrogen-bond acceptors (Lipinski definition) is 40. The van der Waals surface area contributed by atoms with Crippen LogP contribution in [0.2, 0.25) is 0 Å². The third-order valence-electron chi connectivity index (χ3n) is 21.8. The number of nitrogens with two attached hydrogens (primary N) is 1. The van der Waals surface area contributed by atoms with Crippen LogP contribution in [0, 0.1) is 0 Å². The van der Waals surface area contributed by atoms with Crippen LogP contribution in [0.5, 0.6) is 0 Å². The van der Waals surface area contributed by atoms with Crippen LogP contribution in [0.3, 0.4) is 0 Å². The Hall–Kier alpha value is -13.5. The SMILES string of the molecule is CC(=O)Nc1nc2cc(B(O)O)ccc2o1.CC(=O)Nc1nc2ccc(B(O)O)cc2o1.CC(=O)Nc1noc2cc(B(O)O)ccc12.CC(=O)Nc1noc2ccc(B(O)O)cc12.CC1(C)OB(c2ccc3onc(NC4CC4)c3c2)OC1(C)C.CNc1noc2ccc(B3OC(C)(C)C(C)(C)O3)cc12.Nc1nc2cc(B(O)O)ccc2o1.OB(O)c1ccc2onc(NC3CC3)c2c1. The van der Waals surface area contributed by atoms with E-state index in [0.29, 0.717) is 117 Å². The maximum atomic E-state index is 10.9. The molecule has 0 bridgehead atoms. The number of amides is 4. The number of carbonyl (C=O) groups excluding carboxylic acids is 4. The first kappa shape index (κ1) is 99.0. The summed E-state index contributed by atoms with van der Waals surface area (Å²) in [6, 6.07) is 41.0. The summed E-state index contributed by atoms with van der Waals surface area (Å²) in [6.07, 6.45) is 4.70. The summed E-state index contributed by atoms with van der Waals surface area (Å²) in [5.74, 6) is 1.72. The predicted octanol–water partition coefficient (Wildman–Crippen LogP) is 1.91. The Morgan fingerprint density at radius 3 is 1.04 bits per heavy atom. The van der Waals surface area contributed by atoms with Crippen molar-refractivity contribution in [3.8, 4) is 0 Å². The van der Waals surface area contributed by atoms with Gasteiger partial charge in [0.25, 0.3) is 6.01 Å². The van der Waals surface area contributed by atoms with Gasteiger partial charge in [-0.1, -0.05) is 74.3 Å². The Morgan fingerprint density at radius 1 is 0.333 bits per heavy atom. The van der Waals surface area contributed by atoms with Crippen LogP contribution in [0.25, 0.3) is 88.1 Å². The van der Waals surface area contributed by atoms with Crippen LogP contribution >= 0.6 is 0 Å². The lowest BCUT2D eigenvalue weighted by molar-refractivity contribution is -0.115. The van der Waals surface area contributed by atoms with Crippen molar-refractivity contribution in [1.82, 2.24) is 40.7 Å². The van der Waals surface area contributed by atoms with Crippen molar-refractivity contribution in [3.63, 3.8) is 0 Å². The number of aromatic nitrogens is 8. The zero-order valence-corrected chi connectivity index (χ0v) is 75.0. The molecule has 2 saturated carbocycles. The average molecular weight is 1850 g/mol. The number of fused-ring (bicyclic) bond motifs is 8. The fourth-order valence-electron chi connectivity index (χ4n) is 13.0. The van der Waals surface area contributed by atoms with Crippen LogP contribution in [0.1, 0.15) is 109 Å². The highest BCUT2D eigenvalue weighted by Crippen LogP contribution is 2.40. The highest BCUT2D eigenvalue weighted by atomic mass is 16.7. The second kappa shape index (κ2) is 41.5. The fraction of sp³-hybridized carbons (Fsp3) is 0.277. The molecule has 2 aliphatic heterocycles. The van der Waals surface area contributed by atoms with E-state index >= 15 is 0 Å². The minimum absolute atomic E-state index is 0.0691. The first-order chi connectivity index (χ1) is 63.9. The van der Waals surface area contributed by atoms with E-state index in [0.717, 1.165) is 62.7 Å². The number of carbonyl (C=O) groups is 4. The molecule has 44 nitrogen and oxygen atoms in total. The molecule has 8 aromatic carbocycles. The zero-order chi connectivity index (χ0) is 97.4. The van der Waals surface area contributed by atoms with Crippen LogP contribution in [0.15, 0.2) is 181 Å². The van der Waals surface area contributed by atoms with Gasteiger partial charge >= 0.3 is 69.0 Å². The number of nitrogens with one attached hydrogen (secondary N) is 7. The van der Waals surface area contributed by atoms with Gasteiger partial charge in [-0.2, -0.15) is 15.0 Å². The number of rotatable bonds is 17. The summed E-state index contributed by atoms with van der Waals surface area (Å²) >= 11 is 0. The fourth-order valence-corrected chi connectivity index (χ4v) is 13.0. The summed E-state index contributed by atoms with van der Waals surface area (Å²) in [4.78, 5) is 55.1. The third-order valence-corrected chi connectivity index (χ3v) is 21.8. The smallest absolute Gasteiger partial charge is 0.424 e. The molecule has 2 aliphatic carbocycles. The molecule has 0 unspecified atom stereocenters. The molecule has 4 fully saturated rings. The van der Waals surface area contributed by atoms with Crippen molar-refractivity contribution in [2.24, 2.45) is 0 Å². The standard InChI is InChI=1S/C16H21BN2O3.C14H19BN2O3.C10H11BN2O3.4C9H9BN2O4.C7H7BN2O3/c1-15(2)16(3,4)22-17(21-15)10-5-8-13-12(9-10)14(19-20-13)18-11-6-7-11;1-13(2)14(3,4)20-15(19-13)9-6-7-11-10(8-9)12(16-5)17-18-11;14-11(15)6-1-4-9-8(5-6)10(13-16-9)12-7-2-3-7;1-5(13)11-9-12-7-4-6(10(14)15)2-3-8(7)16-9;1-5(13)11-9-7-4-6(10(14)15)2-3-8(7)16-12-9;1-5(13)11-9-12-7-3-2-6(10(14)15)4-8(7)16-9;1-5(13)11-9-7-3-2-6(10(14)15)4-8(7)16-12-9;9-7-10-5-3-4(8(11)12)1-2-6(5)13-7/h5,8-9,11H,6-7H2,1-4H3,(H,18,19);6-8H,1-5H3,(H,16,17);1,4-5,7,14-15H,2-3H2,(H,12,13);4*2-4,14-15H,1H3,(H,11,12,13);1-3,11-12H,(H2,9,10). The van der Waals surface area contributed by atoms with Crippen molar-refractivity contribution in [1.29, 1.82) is 0 Å². The van der Waals surface area contributed by atoms with Gasteiger partial charge in [0.05, 0.1) is 49.3 Å². The molecular formula is C83H94B8N16O28. The van der Waals surface area contributed by atoms with Crippen molar-refractivity contribution < 1.29 is 134 Å². The maximum Gasteiger partial charge on any atom is 0.494 e. The molecule has 0 radical (unpaired) electrons. The topological polar surface area (TPSA) is 666 Å². The molecule has 10 heterocycles. The first-order valence-electron chi connectivity index (χ1n) is 42.0. The normalized spacial score (nSPS) is 14.6. The maximum absolute atomic E-state index is 10.9. The summed E-state index contributed by atoms with van der Waals surface area (Å²) < 4.78 is 65.4. The van der Waals surface area contributed by atoms with E-state index in [4.69, 9.17) is 121 Å². The van der Waals surface area contributed by atoms with Gasteiger partial charge in [0.1, 0.15) is 16.6 Å². The molecule has 4 aliphatic rings. The Kier molecular flexibility index (Phi) is 30.5. The van der Waals surface area contributed by atoms with Gasteiger partial charge in [-0.15, -0.1) is 0 Å². The van der Waals surface area contributed by atoms with Gasteiger partial charge in [0.2, 0.25) is 23.6 Å². The van der Waals surface area contributed by atoms with Crippen LogP contribution in [-0.2, 0) is 37.8 Å². The molecule has 52 heteroatoms. The summed E-state index contributed by atoms with van der Waals surface area (Å²) in [5, 5.41) is 150. The van der Waals surface area contributed by atoms with E-state index in [9.17, 15) is 19.2 Å². The van der Waals surface area contributed by atoms with Crippen molar-refractivity contribution in [3.05, 3.63) is 146 Å². The molecule has 20 rings (SSSR count). The first-order valence-corrected chi connectivity index (χ1v) is 42.0. The molecule has 698 valence electrons. The van der Waals surface area contributed by atoms with E-state index in [1.54, 1.807) is 48.5 Å². The van der Waals surface area contributed by atoms with E-state index < -0.39 is 42.7 Å². The van der Waals surface area contributed by atoms with E-state index in [2.05, 4.69) is 112 Å². The molecule has 2 saturated heterocycles. The predicted molar refractivity (Wildman–Crippen MR) is 507 cm³/mol. The lowest BCUT2D eigenvalue weighted by atomic mass is 9.78. The molecule has 16 aromatic rings. The molecular weight excluding hydrogens is 1760 g/mol. The highest BCUT2D eigenvalue weighted by Gasteiger charge is 2.53. The van der Waals surface area contributed by atoms with Crippen LogP contribution in [-0.4, -0.2) is 223 Å². The molecule has 8 aromatic heterocycles. The van der Waals surface area contributed by atoms with Gasteiger partial charge < -0.3 is 147 Å².